The van der Waals surface area contributed by atoms with Gasteiger partial charge in [-0.3, -0.25) is 3.97 Å². The fourth-order valence-electron chi connectivity index (χ4n) is 4.16. The molecule has 0 bridgehead atoms. The number of para-hydroxylation sites is 1. The van der Waals surface area contributed by atoms with Gasteiger partial charge in [-0.2, -0.15) is 0 Å². The Morgan fingerprint density at radius 2 is 1.41 bits per heavy atom. The van der Waals surface area contributed by atoms with Gasteiger partial charge in [-0.25, -0.2) is 0 Å². The lowest BCUT2D eigenvalue weighted by Crippen LogP contribution is -1.98. The number of rotatable bonds is 6. The zero-order valence-corrected chi connectivity index (χ0v) is 18.8. The first kappa shape index (κ1) is 20.2. The van der Waals surface area contributed by atoms with Crippen molar-refractivity contribution in [2.75, 3.05) is 0 Å². The van der Waals surface area contributed by atoms with Crippen molar-refractivity contribution in [2.24, 2.45) is 7.05 Å². The fourth-order valence-corrected chi connectivity index (χ4v) is 5.13. The minimum absolute atomic E-state index is 1.07. The Bertz CT molecular complexity index is 1420. The third kappa shape index (κ3) is 3.51. The highest BCUT2D eigenvalue weighted by molar-refractivity contribution is 7.98. The molecule has 2 heterocycles. The molecule has 0 N–H and O–H groups in total. The van der Waals surface area contributed by atoms with Crippen LogP contribution >= 0.6 is 11.9 Å². The van der Waals surface area contributed by atoms with Crippen molar-refractivity contribution in [1.29, 1.82) is 0 Å². The number of aromatic nitrogens is 2. The van der Waals surface area contributed by atoms with Crippen molar-refractivity contribution in [3.05, 3.63) is 115 Å². The summed E-state index contributed by atoms with van der Waals surface area (Å²) in [7, 11) is 2.08. The Kier molecular flexibility index (Phi) is 5.34. The molecule has 5 aromatic rings. The van der Waals surface area contributed by atoms with Crippen LogP contribution in [0.15, 0.2) is 109 Å². The largest absolute Gasteiger partial charge is 0.342 e. The summed E-state index contributed by atoms with van der Waals surface area (Å²) < 4.78 is 4.51. The number of hydrogen-bond acceptors (Lipinski definition) is 1. The molecule has 32 heavy (non-hydrogen) atoms. The average molecular weight is 433 g/mol. The smallest absolute Gasteiger partial charge is 0.0772 e. The second kappa shape index (κ2) is 8.45. The van der Waals surface area contributed by atoms with Crippen molar-refractivity contribution in [3.63, 3.8) is 0 Å². The summed E-state index contributed by atoms with van der Waals surface area (Å²) >= 11 is 1.74. The first-order valence-corrected chi connectivity index (χ1v) is 11.4. The van der Waals surface area contributed by atoms with E-state index in [-0.39, 0.29) is 0 Å². The Balaban J connectivity index is 1.60. The van der Waals surface area contributed by atoms with Crippen LogP contribution in [0.4, 0.5) is 0 Å². The van der Waals surface area contributed by atoms with E-state index in [1.54, 1.807) is 11.9 Å². The second-order valence-corrected chi connectivity index (χ2v) is 8.72. The van der Waals surface area contributed by atoms with Gasteiger partial charge in [-0.1, -0.05) is 79.9 Å². The number of fused-ring (bicyclic) bond motifs is 1. The van der Waals surface area contributed by atoms with Gasteiger partial charge in [0.2, 0.25) is 0 Å². The van der Waals surface area contributed by atoms with Crippen LogP contribution in [0.5, 0.6) is 0 Å². The molecule has 2 nitrogen and oxygen atoms in total. The molecule has 3 heteroatoms. The van der Waals surface area contributed by atoms with E-state index in [2.05, 4.69) is 114 Å². The van der Waals surface area contributed by atoms with Gasteiger partial charge >= 0.3 is 0 Å². The maximum atomic E-state index is 3.99. The van der Waals surface area contributed by atoms with E-state index in [1.165, 1.54) is 26.9 Å². The van der Waals surface area contributed by atoms with Gasteiger partial charge < -0.3 is 4.57 Å². The quantitative estimate of drug-likeness (QED) is 0.263. The van der Waals surface area contributed by atoms with E-state index in [0.717, 1.165) is 22.6 Å². The normalized spacial score (nSPS) is 11.0. The maximum absolute atomic E-state index is 3.99. The van der Waals surface area contributed by atoms with Crippen LogP contribution < -0.4 is 0 Å². The molecular formula is C29H24N2S. The van der Waals surface area contributed by atoms with Crippen LogP contribution in [0.25, 0.3) is 45.6 Å². The van der Waals surface area contributed by atoms with Crippen molar-refractivity contribution in [3.8, 4) is 22.5 Å². The number of benzene rings is 3. The highest BCUT2D eigenvalue weighted by Crippen LogP contribution is 2.37. The fraction of sp³-hybridized carbons (Fsp3) is 0.0345. The lowest BCUT2D eigenvalue weighted by Gasteiger charge is -2.12. The van der Waals surface area contributed by atoms with E-state index in [0.29, 0.717) is 0 Å². The van der Waals surface area contributed by atoms with Gasteiger partial charge in [0, 0.05) is 23.0 Å². The third-order valence-corrected chi connectivity index (χ3v) is 6.87. The van der Waals surface area contributed by atoms with E-state index in [4.69, 9.17) is 0 Å². The minimum Gasteiger partial charge on any atom is -0.342 e. The summed E-state index contributed by atoms with van der Waals surface area (Å²) in [6, 6.07) is 32.2. The summed E-state index contributed by atoms with van der Waals surface area (Å²) in [4.78, 5) is 1.19. The Labute approximate surface area is 193 Å². The van der Waals surface area contributed by atoms with Crippen LogP contribution in [0.3, 0.4) is 0 Å². The molecule has 0 amide bonds. The predicted molar refractivity (Wildman–Crippen MR) is 140 cm³/mol. The van der Waals surface area contributed by atoms with Crippen LogP contribution in [0.1, 0.15) is 11.3 Å². The first-order chi connectivity index (χ1) is 15.7. The van der Waals surface area contributed by atoms with Crippen molar-refractivity contribution in [2.45, 2.75) is 4.90 Å². The lowest BCUT2D eigenvalue weighted by atomic mass is 10.1. The van der Waals surface area contributed by atoms with Gasteiger partial charge in [-0.15, -0.1) is 0 Å². The molecule has 0 radical (unpaired) electrons. The molecule has 0 aliphatic carbocycles. The van der Waals surface area contributed by atoms with E-state index < -0.39 is 0 Å². The summed E-state index contributed by atoms with van der Waals surface area (Å²) in [5.74, 6) is 0. The van der Waals surface area contributed by atoms with E-state index in [9.17, 15) is 0 Å². The Hall–Kier alpha value is -3.69. The molecule has 5 rings (SSSR count). The Morgan fingerprint density at radius 3 is 2.09 bits per heavy atom. The molecule has 2 aromatic heterocycles. The number of nitrogens with zero attached hydrogens (tertiary/aromatic N) is 2. The zero-order chi connectivity index (χ0) is 22.1. The molecular weight excluding hydrogens is 408 g/mol. The molecule has 0 saturated carbocycles. The van der Waals surface area contributed by atoms with Crippen LogP contribution in [-0.4, -0.2) is 8.54 Å². The molecule has 0 saturated heterocycles. The molecule has 0 unspecified atom stereocenters. The van der Waals surface area contributed by atoms with E-state index in [1.807, 2.05) is 18.2 Å². The Morgan fingerprint density at radius 1 is 0.719 bits per heavy atom. The van der Waals surface area contributed by atoms with Crippen LogP contribution in [0, 0.1) is 0 Å². The molecule has 0 aliphatic rings. The number of hydrogen-bond donors (Lipinski definition) is 0. The standard InChI is InChI=1S/C29H24N2S/c1-4-21-19-28(30(3)26(21)5-2)29-20-24-13-9-10-14-27(24)31(29)32-25-17-15-23(16-18-25)22-11-7-6-8-12-22/h4-20H,1-2H2,3H3. The third-order valence-electron chi connectivity index (χ3n) is 5.81. The van der Waals surface area contributed by atoms with Gasteiger partial charge in [0.25, 0.3) is 0 Å². The van der Waals surface area contributed by atoms with Gasteiger partial charge in [0.15, 0.2) is 0 Å². The highest BCUT2D eigenvalue weighted by atomic mass is 32.2. The van der Waals surface area contributed by atoms with Gasteiger partial charge in [-0.05, 0) is 65.0 Å². The second-order valence-electron chi connectivity index (χ2n) is 7.70. The molecule has 3 aromatic carbocycles. The molecule has 0 spiro atoms. The van der Waals surface area contributed by atoms with Crippen LogP contribution in [0.2, 0.25) is 0 Å². The maximum Gasteiger partial charge on any atom is 0.0772 e. The van der Waals surface area contributed by atoms with Crippen LogP contribution in [-0.2, 0) is 7.05 Å². The van der Waals surface area contributed by atoms with Crippen molar-refractivity contribution in [1.82, 2.24) is 8.54 Å². The molecule has 0 atom stereocenters. The zero-order valence-electron chi connectivity index (χ0n) is 18.0. The predicted octanol–water partition coefficient (Wildman–Crippen LogP) is 8.16. The first-order valence-electron chi connectivity index (χ1n) is 10.6. The average Bonchev–Trinajstić information content (AvgIpc) is 3.36. The molecule has 0 aliphatic heterocycles. The monoisotopic (exact) mass is 432 g/mol. The molecule has 156 valence electrons. The summed E-state index contributed by atoms with van der Waals surface area (Å²) in [5.41, 5.74) is 8.10. The minimum atomic E-state index is 1.07. The van der Waals surface area contributed by atoms with Crippen molar-refractivity contribution < 1.29 is 0 Å². The SMILES string of the molecule is C=Cc1cc(-c2cc3ccccc3n2Sc2ccc(-c3ccccc3)cc2)n(C)c1C=C. The van der Waals surface area contributed by atoms with Crippen molar-refractivity contribution >= 4 is 35.0 Å². The van der Waals surface area contributed by atoms with Gasteiger partial charge in [0.1, 0.15) is 0 Å². The summed E-state index contributed by atoms with van der Waals surface area (Å²) in [6.07, 6.45) is 3.78. The summed E-state index contributed by atoms with van der Waals surface area (Å²) in [5, 5.41) is 1.22. The lowest BCUT2D eigenvalue weighted by molar-refractivity contribution is 0.918. The summed E-state index contributed by atoms with van der Waals surface area (Å²) in [6.45, 7) is 7.97. The highest BCUT2D eigenvalue weighted by Gasteiger charge is 2.17. The molecule has 0 fully saturated rings. The topological polar surface area (TPSA) is 9.86 Å². The van der Waals surface area contributed by atoms with Gasteiger partial charge in [0.05, 0.1) is 16.9 Å². The van der Waals surface area contributed by atoms with E-state index >= 15 is 0 Å².